The molecular formula is C18H19N5O. The fourth-order valence-corrected chi connectivity index (χ4v) is 2.40. The number of ether oxygens (including phenoxy) is 1. The van der Waals surface area contributed by atoms with Crippen LogP contribution in [0.1, 0.15) is 0 Å². The molecule has 0 bridgehead atoms. The number of aromatic nitrogens is 3. The van der Waals surface area contributed by atoms with Gasteiger partial charge in [-0.1, -0.05) is 12.1 Å². The highest BCUT2D eigenvalue weighted by molar-refractivity contribution is 5.78. The van der Waals surface area contributed by atoms with E-state index in [9.17, 15) is 0 Å². The standard InChI is InChI=1S/C18H19N5O/c1-23(2)14-8-4-13(5-9-14)17-16(20-18(19)22-21-17)12-6-10-15(24-3)11-7-12/h4-11H,1-3H3,(H2,19,20,22). The maximum atomic E-state index is 5.75. The molecule has 1 heterocycles. The molecule has 0 saturated carbocycles. The Morgan fingerprint density at radius 2 is 1.42 bits per heavy atom. The second kappa shape index (κ2) is 6.54. The number of anilines is 2. The number of nitrogens with zero attached hydrogens (tertiary/aromatic N) is 4. The van der Waals surface area contributed by atoms with Gasteiger partial charge >= 0.3 is 0 Å². The van der Waals surface area contributed by atoms with Crippen LogP contribution in [0.2, 0.25) is 0 Å². The lowest BCUT2D eigenvalue weighted by Gasteiger charge is -2.13. The Morgan fingerprint density at radius 3 is 2.00 bits per heavy atom. The summed E-state index contributed by atoms with van der Waals surface area (Å²) in [5.74, 6) is 0.931. The summed E-state index contributed by atoms with van der Waals surface area (Å²) in [7, 11) is 5.64. The van der Waals surface area contributed by atoms with Gasteiger partial charge in [0.2, 0.25) is 5.95 Å². The first-order valence-electron chi connectivity index (χ1n) is 7.51. The average Bonchev–Trinajstić information content (AvgIpc) is 2.62. The Morgan fingerprint density at radius 1 is 0.833 bits per heavy atom. The first-order valence-corrected chi connectivity index (χ1v) is 7.51. The first kappa shape index (κ1) is 15.7. The van der Waals surface area contributed by atoms with E-state index in [2.05, 4.69) is 15.2 Å². The van der Waals surface area contributed by atoms with Crippen LogP contribution in [0.3, 0.4) is 0 Å². The molecule has 0 radical (unpaired) electrons. The molecule has 0 atom stereocenters. The molecule has 24 heavy (non-hydrogen) atoms. The normalized spacial score (nSPS) is 10.5. The lowest BCUT2D eigenvalue weighted by molar-refractivity contribution is 0.415. The van der Waals surface area contributed by atoms with E-state index in [1.54, 1.807) is 7.11 Å². The van der Waals surface area contributed by atoms with Crippen molar-refractivity contribution in [2.24, 2.45) is 0 Å². The van der Waals surface area contributed by atoms with Crippen LogP contribution in [0.15, 0.2) is 48.5 Å². The summed E-state index contributed by atoms with van der Waals surface area (Å²) in [5.41, 5.74) is 10.1. The number of methoxy groups -OCH3 is 1. The van der Waals surface area contributed by atoms with Crippen molar-refractivity contribution in [3.05, 3.63) is 48.5 Å². The fraction of sp³-hybridized carbons (Fsp3) is 0.167. The zero-order valence-electron chi connectivity index (χ0n) is 13.9. The van der Waals surface area contributed by atoms with Crippen LogP contribution in [0.4, 0.5) is 11.6 Å². The largest absolute Gasteiger partial charge is 0.497 e. The molecule has 0 aliphatic rings. The highest BCUT2D eigenvalue weighted by Gasteiger charge is 2.13. The monoisotopic (exact) mass is 321 g/mol. The molecule has 0 amide bonds. The summed E-state index contributed by atoms with van der Waals surface area (Å²) in [6.45, 7) is 0. The van der Waals surface area contributed by atoms with Gasteiger partial charge in [-0.15, -0.1) is 10.2 Å². The van der Waals surface area contributed by atoms with Crippen molar-refractivity contribution in [3.8, 4) is 28.3 Å². The maximum absolute atomic E-state index is 5.75. The number of hydrogen-bond donors (Lipinski definition) is 1. The summed E-state index contributed by atoms with van der Waals surface area (Å²) in [5, 5.41) is 8.17. The van der Waals surface area contributed by atoms with Crippen molar-refractivity contribution < 1.29 is 4.74 Å². The molecule has 0 aliphatic carbocycles. The molecule has 6 heteroatoms. The fourth-order valence-electron chi connectivity index (χ4n) is 2.40. The van der Waals surface area contributed by atoms with E-state index in [0.29, 0.717) is 11.4 Å². The summed E-state index contributed by atoms with van der Waals surface area (Å²) < 4.78 is 5.20. The van der Waals surface area contributed by atoms with Crippen molar-refractivity contribution in [1.29, 1.82) is 0 Å². The van der Waals surface area contributed by atoms with Crippen LogP contribution in [0.5, 0.6) is 5.75 Å². The zero-order valence-corrected chi connectivity index (χ0v) is 13.9. The third kappa shape index (κ3) is 3.12. The molecule has 2 N–H and O–H groups in total. The first-order chi connectivity index (χ1) is 11.6. The molecule has 0 saturated heterocycles. The lowest BCUT2D eigenvalue weighted by Crippen LogP contribution is -2.08. The summed E-state index contributed by atoms with van der Waals surface area (Å²) in [6, 6.07) is 15.7. The highest BCUT2D eigenvalue weighted by atomic mass is 16.5. The molecule has 3 rings (SSSR count). The number of benzene rings is 2. The maximum Gasteiger partial charge on any atom is 0.240 e. The van der Waals surface area contributed by atoms with Crippen molar-refractivity contribution >= 4 is 11.6 Å². The molecule has 6 nitrogen and oxygen atoms in total. The van der Waals surface area contributed by atoms with Gasteiger partial charge < -0.3 is 15.4 Å². The van der Waals surface area contributed by atoms with Crippen LogP contribution >= 0.6 is 0 Å². The predicted molar refractivity (Wildman–Crippen MR) is 96.0 cm³/mol. The van der Waals surface area contributed by atoms with E-state index in [4.69, 9.17) is 10.5 Å². The van der Waals surface area contributed by atoms with E-state index >= 15 is 0 Å². The van der Waals surface area contributed by atoms with Crippen LogP contribution < -0.4 is 15.4 Å². The molecule has 1 aromatic heterocycles. The van der Waals surface area contributed by atoms with Crippen molar-refractivity contribution in [1.82, 2.24) is 15.2 Å². The van der Waals surface area contributed by atoms with Gasteiger partial charge in [0.25, 0.3) is 0 Å². The Balaban J connectivity index is 2.07. The second-order valence-corrected chi connectivity index (χ2v) is 5.54. The zero-order chi connectivity index (χ0) is 17.1. The van der Waals surface area contributed by atoms with Gasteiger partial charge in [0.05, 0.1) is 7.11 Å². The van der Waals surface area contributed by atoms with Crippen LogP contribution in [-0.4, -0.2) is 36.4 Å². The molecule has 122 valence electrons. The quantitative estimate of drug-likeness (QED) is 0.796. The van der Waals surface area contributed by atoms with Crippen LogP contribution in [0.25, 0.3) is 22.5 Å². The van der Waals surface area contributed by atoms with Crippen molar-refractivity contribution in [3.63, 3.8) is 0 Å². The molecular weight excluding hydrogens is 302 g/mol. The minimum Gasteiger partial charge on any atom is -0.497 e. The minimum atomic E-state index is 0.148. The smallest absolute Gasteiger partial charge is 0.240 e. The van der Waals surface area contributed by atoms with Gasteiger partial charge in [0.1, 0.15) is 17.1 Å². The van der Waals surface area contributed by atoms with Gasteiger partial charge in [0.15, 0.2) is 0 Å². The van der Waals surface area contributed by atoms with Gasteiger partial charge in [0, 0.05) is 30.9 Å². The van der Waals surface area contributed by atoms with Gasteiger partial charge in [-0.25, -0.2) is 4.98 Å². The predicted octanol–water partition coefficient (Wildman–Crippen LogP) is 2.86. The van der Waals surface area contributed by atoms with Gasteiger partial charge in [-0.3, -0.25) is 0 Å². The van der Waals surface area contributed by atoms with Gasteiger partial charge in [-0.05, 0) is 36.4 Å². The second-order valence-electron chi connectivity index (χ2n) is 5.54. The number of rotatable bonds is 4. The third-order valence-corrected chi connectivity index (χ3v) is 3.72. The molecule has 0 aliphatic heterocycles. The number of nitrogens with two attached hydrogens (primary N) is 1. The van der Waals surface area contributed by atoms with Crippen molar-refractivity contribution in [2.75, 3.05) is 31.8 Å². The SMILES string of the molecule is COc1ccc(-c2nc(N)nnc2-c2ccc(N(C)C)cc2)cc1. The molecule has 0 unspecified atom stereocenters. The lowest BCUT2D eigenvalue weighted by atomic mass is 10.0. The Labute approximate surface area is 140 Å². The topological polar surface area (TPSA) is 77.2 Å². The van der Waals surface area contributed by atoms with E-state index < -0.39 is 0 Å². The van der Waals surface area contributed by atoms with E-state index in [-0.39, 0.29) is 5.95 Å². The Hall–Kier alpha value is -3.15. The van der Waals surface area contributed by atoms with Crippen LogP contribution in [0, 0.1) is 0 Å². The summed E-state index contributed by atoms with van der Waals surface area (Å²) >= 11 is 0. The minimum absolute atomic E-state index is 0.148. The van der Waals surface area contributed by atoms with E-state index in [1.807, 2.05) is 67.5 Å². The summed E-state index contributed by atoms with van der Waals surface area (Å²) in [4.78, 5) is 6.43. The Bertz CT molecular complexity index is 829. The average molecular weight is 321 g/mol. The third-order valence-electron chi connectivity index (χ3n) is 3.72. The van der Waals surface area contributed by atoms with Crippen LogP contribution in [-0.2, 0) is 0 Å². The highest BCUT2D eigenvalue weighted by Crippen LogP contribution is 2.30. The summed E-state index contributed by atoms with van der Waals surface area (Å²) in [6.07, 6.45) is 0. The van der Waals surface area contributed by atoms with Crippen molar-refractivity contribution in [2.45, 2.75) is 0 Å². The number of hydrogen-bond acceptors (Lipinski definition) is 6. The Kier molecular flexibility index (Phi) is 4.29. The van der Waals surface area contributed by atoms with Gasteiger partial charge in [-0.2, -0.15) is 0 Å². The molecule has 0 spiro atoms. The molecule has 2 aromatic carbocycles. The van der Waals surface area contributed by atoms with E-state index in [1.165, 1.54) is 0 Å². The molecule has 3 aromatic rings. The van der Waals surface area contributed by atoms with E-state index in [0.717, 1.165) is 22.6 Å². The molecule has 0 fully saturated rings. The number of nitrogen functional groups attached to an aromatic ring is 1.